The normalized spacial score (nSPS) is 13.4. The second-order valence-corrected chi connectivity index (χ2v) is 10.3. The van der Waals surface area contributed by atoms with Crippen LogP contribution in [0.5, 0.6) is 23.3 Å². The predicted molar refractivity (Wildman–Crippen MR) is 167 cm³/mol. The van der Waals surface area contributed by atoms with E-state index < -0.39 is 5.82 Å². The SMILES string of the molecule is C=CC(=O)N1CCC(Nc2cc3c(Nc4ccc(Oc5ccn(-c6ccc(OC)nc6)n5)cc4F)ncnc3cc2OC)CC1. The molecule has 230 valence electrons. The summed E-state index contributed by atoms with van der Waals surface area (Å²) in [5.74, 6) is 1.52. The summed E-state index contributed by atoms with van der Waals surface area (Å²) in [6, 6.07) is 13.5. The van der Waals surface area contributed by atoms with E-state index in [1.807, 2.05) is 18.2 Å². The number of benzene rings is 2. The first kappa shape index (κ1) is 29.4. The van der Waals surface area contributed by atoms with Gasteiger partial charge in [-0.05, 0) is 43.2 Å². The van der Waals surface area contributed by atoms with E-state index in [1.54, 1.807) is 60.5 Å². The first-order valence-electron chi connectivity index (χ1n) is 14.2. The van der Waals surface area contributed by atoms with Gasteiger partial charge >= 0.3 is 0 Å². The summed E-state index contributed by atoms with van der Waals surface area (Å²) < 4.78 is 33.4. The van der Waals surface area contributed by atoms with Gasteiger partial charge in [0.2, 0.25) is 17.7 Å². The molecule has 1 fully saturated rings. The van der Waals surface area contributed by atoms with Gasteiger partial charge in [-0.1, -0.05) is 6.58 Å². The minimum Gasteiger partial charge on any atom is -0.495 e. The fraction of sp³-hybridized carbons (Fsp3) is 0.219. The van der Waals surface area contributed by atoms with E-state index in [1.165, 1.54) is 18.5 Å². The van der Waals surface area contributed by atoms with Crippen molar-refractivity contribution in [2.24, 2.45) is 0 Å². The monoisotopic (exact) mass is 610 g/mol. The summed E-state index contributed by atoms with van der Waals surface area (Å²) in [4.78, 5) is 26.7. The molecule has 0 saturated carbocycles. The van der Waals surface area contributed by atoms with Crippen molar-refractivity contribution >= 4 is 34.0 Å². The number of carbonyl (C=O) groups is 1. The number of hydrogen-bond acceptors (Lipinski definition) is 10. The average Bonchev–Trinajstić information content (AvgIpc) is 3.54. The van der Waals surface area contributed by atoms with Crippen LogP contribution < -0.4 is 24.8 Å². The molecule has 0 bridgehead atoms. The quantitative estimate of drug-likeness (QED) is 0.196. The standard InChI is InChI=1S/C32H31FN8O4/c1-4-31(42)40-12-9-20(10-13-40)37-27-16-23-26(17-28(27)43-2)35-19-36-32(23)38-25-7-6-22(15-24(25)33)45-30-11-14-41(39-30)21-5-8-29(44-3)34-18-21/h4-8,11,14-20,37H,1,9-10,12-13H2,2-3H3,(H,35,36,38). The lowest BCUT2D eigenvalue weighted by Gasteiger charge is -2.32. The molecule has 1 aliphatic heterocycles. The Morgan fingerprint density at radius 3 is 2.56 bits per heavy atom. The molecule has 45 heavy (non-hydrogen) atoms. The van der Waals surface area contributed by atoms with E-state index in [9.17, 15) is 4.79 Å². The number of rotatable bonds is 10. The highest BCUT2D eigenvalue weighted by molar-refractivity contribution is 5.95. The summed E-state index contributed by atoms with van der Waals surface area (Å²) in [6.45, 7) is 4.84. The van der Waals surface area contributed by atoms with Gasteiger partial charge in [0.25, 0.3) is 0 Å². The van der Waals surface area contributed by atoms with Crippen LogP contribution in [0.2, 0.25) is 0 Å². The molecular formula is C32H31FN8O4. The molecule has 5 aromatic rings. The highest BCUT2D eigenvalue weighted by Gasteiger charge is 2.23. The van der Waals surface area contributed by atoms with Gasteiger partial charge in [0, 0.05) is 55.0 Å². The van der Waals surface area contributed by atoms with Crippen LogP contribution in [0.3, 0.4) is 0 Å². The largest absolute Gasteiger partial charge is 0.495 e. The van der Waals surface area contributed by atoms with Crippen molar-refractivity contribution in [1.29, 1.82) is 0 Å². The van der Waals surface area contributed by atoms with Crippen molar-refractivity contribution in [3.63, 3.8) is 0 Å². The number of ether oxygens (including phenoxy) is 3. The number of nitrogens with zero attached hydrogens (tertiary/aromatic N) is 6. The molecule has 0 aliphatic carbocycles. The summed E-state index contributed by atoms with van der Waals surface area (Å²) in [7, 11) is 3.14. The Morgan fingerprint density at radius 2 is 1.84 bits per heavy atom. The van der Waals surface area contributed by atoms with Gasteiger partial charge in [0.1, 0.15) is 29.5 Å². The lowest BCUT2D eigenvalue weighted by molar-refractivity contribution is -0.126. The molecule has 12 nitrogen and oxygen atoms in total. The number of amides is 1. The number of pyridine rings is 1. The second-order valence-electron chi connectivity index (χ2n) is 10.3. The third-order valence-electron chi connectivity index (χ3n) is 7.47. The summed E-state index contributed by atoms with van der Waals surface area (Å²) >= 11 is 0. The summed E-state index contributed by atoms with van der Waals surface area (Å²) in [5, 5.41) is 11.7. The molecule has 2 aromatic carbocycles. The maximum Gasteiger partial charge on any atom is 0.245 e. The van der Waals surface area contributed by atoms with Crippen molar-refractivity contribution < 1.29 is 23.4 Å². The van der Waals surface area contributed by atoms with E-state index in [2.05, 4.69) is 37.3 Å². The van der Waals surface area contributed by atoms with Crippen molar-refractivity contribution in [3.8, 4) is 28.9 Å². The Balaban J connectivity index is 1.17. The molecule has 2 N–H and O–H groups in total. The smallest absolute Gasteiger partial charge is 0.245 e. The van der Waals surface area contributed by atoms with Gasteiger partial charge in [0.05, 0.1) is 43.0 Å². The number of anilines is 3. The highest BCUT2D eigenvalue weighted by Crippen LogP contribution is 2.35. The van der Waals surface area contributed by atoms with E-state index in [0.717, 1.165) is 24.2 Å². The summed E-state index contributed by atoms with van der Waals surface area (Å²) in [6.07, 6.45) is 7.64. The van der Waals surface area contributed by atoms with Gasteiger partial charge < -0.3 is 29.7 Å². The molecule has 0 radical (unpaired) electrons. The Kier molecular flexibility index (Phi) is 8.40. The predicted octanol–water partition coefficient (Wildman–Crippen LogP) is 5.49. The van der Waals surface area contributed by atoms with Crippen LogP contribution in [-0.4, -0.2) is 68.9 Å². The van der Waals surface area contributed by atoms with Gasteiger partial charge in [-0.25, -0.2) is 24.0 Å². The molecule has 6 rings (SSSR count). The molecule has 3 aromatic heterocycles. The molecule has 0 atom stereocenters. The van der Waals surface area contributed by atoms with Crippen molar-refractivity contribution in [1.82, 2.24) is 29.6 Å². The molecule has 1 aliphatic rings. The Labute approximate surface area is 258 Å². The van der Waals surface area contributed by atoms with Gasteiger partial charge in [-0.2, -0.15) is 0 Å². The van der Waals surface area contributed by atoms with Crippen LogP contribution >= 0.6 is 0 Å². The number of methoxy groups -OCH3 is 2. The van der Waals surface area contributed by atoms with Crippen LogP contribution in [0.1, 0.15) is 12.8 Å². The van der Waals surface area contributed by atoms with Crippen molar-refractivity contribution in [3.05, 3.63) is 85.7 Å². The second kappa shape index (κ2) is 12.9. The first-order valence-corrected chi connectivity index (χ1v) is 14.2. The number of piperidine rings is 1. The zero-order chi connectivity index (χ0) is 31.3. The molecule has 0 spiro atoms. The minimum atomic E-state index is -0.536. The van der Waals surface area contributed by atoms with Crippen LogP contribution in [-0.2, 0) is 4.79 Å². The van der Waals surface area contributed by atoms with Gasteiger partial charge in [-0.3, -0.25) is 4.79 Å². The fourth-order valence-corrected chi connectivity index (χ4v) is 5.10. The van der Waals surface area contributed by atoms with Gasteiger partial charge in [-0.15, -0.1) is 5.10 Å². The average molecular weight is 611 g/mol. The molecule has 1 saturated heterocycles. The third-order valence-corrected chi connectivity index (χ3v) is 7.47. The number of nitrogens with one attached hydrogen (secondary N) is 2. The van der Waals surface area contributed by atoms with E-state index >= 15 is 4.39 Å². The van der Waals surface area contributed by atoms with Gasteiger partial charge in [0.15, 0.2) is 0 Å². The maximum absolute atomic E-state index is 15.3. The minimum absolute atomic E-state index is 0.0605. The Bertz CT molecular complexity index is 1840. The van der Waals surface area contributed by atoms with Crippen LogP contribution in [0.4, 0.5) is 21.6 Å². The number of likely N-dealkylation sites (tertiary alicyclic amines) is 1. The zero-order valence-electron chi connectivity index (χ0n) is 24.7. The Hall–Kier alpha value is -5.72. The highest BCUT2D eigenvalue weighted by atomic mass is 19.1. The van der Waals surface area contributed by atoms with E-state index in [-0.39, 0.29) is 23.4 Å². The number of halogens is 1. The lowest BCUT2D eigenvalue weighted by atomic mass is 10.0. The molecule has 4 heterocycles. The zero-order valence-corrected chi connectivity index (χ0v) is 24.7. The maximum atomic E-state index is 15.3. The van der Waals surface area contributed by atoms with Crippen LogP contribution in [0, 0.1) is 5.82 Å². The number of carbonyl (C=O) groups excluding carboxylic acids is 1. The third kappa shape index (κ3) is 6.47. The van der Waals surface area contributed by atoms with Crippen molar-refractivity contribution in [2.45, 2.75) is 18.9 Å². The first-order chi connectivity index (χ1) is 21.9. The topological polar surface area (TPSA) is 129 Å². The van der Waals surface area contributed by atoms with E-state index in [4.69, 9.17) is 14.2 Å². The van der Waals surface area contributed by atoms with Crippen molar-refractivity contribution in [2.75, 3.05) is 37.9 Å². The molecule has 1 amide bonds. The Morgan fingerprint density at radius 1 is 1.00 bits per heavy atom. The van der Waals surface area contributed by atoms with Crippen LogP contribution in [0.25, 0.3) is 16.6 Å². The molecule has 0 unspecified atom stereocenters. The fourth-order valence-electron chi connectivity index (χ4n) is 5.10. The number of fused-ring (bicyclic) bond motifs is 1. The summed E-state index contributed by atoms with van der Waals surface area (Å²) in [5.41, 5.74) is 2.31. The lowest BCUT2D eigenvalue weighted by Crippen LogP contribution is -2.41. The number of hydrogen-bond donors (Lipinski definition) is 2. The molecular weight excluding hydrogens is 579 g/mol. The van der Waals surface area contributed by atoms with E-state index in [0.29, 0.717) is 47.3 Å². The molecule has 13 heteroatoms. The number of aromatic nitrogens is 5. The van der Waals surface area contributed by atoms with Crippen LogP contribution in [0.15, 0.2) is 79.9 Å².